The van der Waals surface area contributed by atoms with Crippen LogP contribution in [-0.2, 0) is 27.8 Å². The Morgan fingerprint density at radius 2 is 1.65 bits per heavy atom. The summed E-state index contributed by atoms with van der Waals surface area (Å²) >= 11 is 0. The van der Waals surface area contributed by atoms with Crippen LogP contribution in [0.3, 0.4) is 0 Å². The third-order valence-corrected chi connectivity index (χ3v) is 9.29. The van der Waals surface area contributed by atoms with Crippen LogP contribution in [0.25, 0.3) is 11.1 Å². The quantitative estimate of drug-likeness (QED) is 0.111. The largest absolute Gasteiger partial charge is 0.508 e. The third kappa shape index (κ3) is 10.7. The number of aliphatic hydroxyl groups is 2. The van der Waals surface area contributed by atoms with E-state index >= 15 is 0 Å². The number of unbranched alkanes of at least 4 members (excludes halogenated alkanes) is 4. The van der Waals surface area contributed by atoms with Gasteiger partial charge in [-0.25, -0.2) is 13.1 Å². The van der Waals surface area contributed by atoms with Crippen molar-refractivity contribution in [3.8, 4) is 16.9 Å². The predicted molar refractivity (Wildman–Crippen MR) is 169 cm³/mol. The minimum absolute atomic E-state index is 0.0356. The minimum Gasteiger partial charge on any atom is -0.508 e. The zero-order chi connectivity index (χ0) is 30.5. The smallest absolute Gasteiger partial charge is 0.241 e. The Bertz CT molecular complexity index is 1390. The molecule has 1 atom stereocenters. The van der Waals surface area contributed by atoms with E-state index in [9.17, 15) is 23.7 Å². The number of rotatable bonds is 20. The molecule has 0 bridgehead atoms. The fourth-order valence-electron chi connectivity index (χ4n) is 5.06. The average molecular weight is 611 g/mol. The number of sulfonamides is 1. The minimum atomic E-state index is -3.54. The molecule has 234 valence electrons. The lowest BCUT2D eigenvalue weighted by Crippen LogP contribution is -2.26. The molecule has 3 aromatic rings. The molecule has 1 fully saturated rings. The van der Waals surface area contributed by atoms with Gasteiger partial charge in [-0.2, -0.15) is 0 Å². The summed E-state index contributed by atoms with van der Waals surface area (Å²) in [7, 11) is -3.54. The Kier molecular flexibility index (Phi) is 13.0. The van der Waals surface area contributed by atoms with E-state index in [0.29, 0.717) is 22.6 Å². The van der Waals surface area contributed by atoms with Crippen molar-refractivity contribution in [3.05, 3.63) is 83.4 Å². The molecule has 0 spiro atoms. The molecule has 0 aromatic heterocycles. The predicted octanol–water partition coefficient (Wildman–Crippen LogP) is 5.22. The third-order valence-electron chi connectivity index (χ3n) is 7.71. The Morgan fingerprint density at radius 3 is 2.44 bits per heavy atom. The van der Waals surface area contributed by atoms with Crippen LogP contribution in [0.4, 0.5) is 0 Å². The van der Waals surface area contributed by atoms with Crippen molar-refractivity contribution >= 4 is 10.0 Å². The molecule has 0 amide bonds. The van der Waals surface area contributed by atoms with Gasteiger partial charge in [0.2, 0.25) is 10.0 Å². The van der Waals surface area contributed by atoms with Crippen LogP contribution in [0.15, 0.2) is 71.6 Å². The second-order valence-corrected chi connectivity index (χ2v) is 13.0. The first-order chi connectivity index (χ1) is 20.9. The van der Waals surface area contributed by atoms with Gasteiger partial charge >= 0.3 is 0 Å². The van der Waals surface area contributed by atoms with Gasteiger partial charge in [0.05, 0.1) is 17.6 Å². The number of nitrogens with one attached hydrogen (secondary N) is 2. The average Bonchev–Trinajstić information content (AvgIpc) is 3.83. The van der Waals surface area contributed by atoms with Gasteiger partial charge in [-0.05, 0) is 86.4 Å². The summed E-state index contributed by atoms with van der Waals surface area (Å²) in [5, 5.41) is 32.5. The number of benzene rings is 3. The molecule has 1 aliphatic rings. The Labute approximate surface area is 256 Å². The molecular weight excluding hydrogens is 564 g/mol. The molecule has 8 nitrogen and oxygen atoms in total. The van der Waals surface area contributed by atoms with Crippen LogP contribution in [0.1, 0.15) is 74.2 Å². The molecule has 3 aromatic carbocycles. The molecule has 0 aliphatic heterocycles. The highest BCUT2D eigenvalue weighted by Crippen LogP contribution is 2.30. The SMILES string of the molecule is O=S(=O)(NC1CC1)c1ccccc1-c1cccc(CCCCOCCCCCCNC[C@H](O)c2ccc(O)c(CO)c2)c1. The summed E-state index contributed by atoms with van der Waals surface area (Å²) in [6.45, 7) is 2.49. The van der Waals surface area contributed by atoms with Crippen molar-refractivity contribution in [2.75, 3.05) is 26.3 Å². The number of aromatic hydroxyl groups is 1. The summed E-state index contributed by atoms with van der Waals surface area (Å²) in [5.41, 5.74) is 3.94. The Balaban J connectivity index is 1.05. The molecule has 0 radical (unpaired) electrons. The fourth-order valence-corrected chi connectivity index (χ4v) is 6.59. The molecule has 0 heterocycles. The van der Waals surface area contributed by atoms with E-state index in [4.69, 9.17) is 4.74 Å². The number of hydrogen-bond acceptors (Lipinski definition) is 7. The number of ether oxygens (including phenoxy) is 1. The molecule has 0 unspecified atom stereocenters. The number of aliphatic hydroxyl groups excluding tert-OH is 2. The highest BCUT2D eigenvalue weighted by Gasteiger charge is 2.29. The highest BCUT2D eigenvalue weighted by molar-refractivity contribution is 7.89. The molecule has 1 saturated carbocycles. The summed E-state index contributed by atoms with van der Waals surface area (Å²) in [6, 6.07) is 20.3. The Morgan fingerprint density at radius 1 is 0.884 bits per heavy atom. The molecule has 9 heteroatoms. The normalized spacial score (nSPS) is 14.2. The second-order valence-electron chi connectivity index (χ2n) is 11.3. The first-order valence-corrected chi connectivity index (χ1v) is 17.0. The standard InChI is InChI=1S/C34H46N2O6S/c37-25-29-23-28(15-18-32(29)38)33(39)24-35-19-6-1-2-7-20-42-21-8-5-10-26-11-9-12-27(22-26)31-13-3-4-14-34(31)43(40,41)36-30-16-17-30/h3-4,9,11-15,18,22-23,30,33,35-39H,1-2,5-8,10,16-17,19-21,24-25H2/t33-/m0/s1. The van der Waals surface area contributed by atoms with Crippen molar-refractivity contribution in [2.24, 2.45) is 0 Å². The van der Waals surface area contributed by atoms with Crippen LogP contribution in [0.5, 0.6) is 5.75 Å². The van der Waals surface area contributed by atoms with E-state index < -0.39 is 16.1 Å². The van der Waals surface area contributed by atoms with Crippen molar-refractivity contribution < 1.29 is 28.5 Å². The van der Waals surface area contributed by atoms with Crippen LogP contribution < -0.4 is 10.0 Å². The van der Waals surface area contributed by atoms with Crippen LogP contribution >= 0.6 is 0 Å². The van der Waals surface area contributed by atoms with Gasteiger partial charge in [0, 0.05) is 36.9 Å². The lowest BCUT2D eigenvalue weighted by Gasteiger charge is -2.14. The topological polar surface area (TPSA) is 128 Å². The molecule has 5 N–H and O–H groups in total. The monoisotopic (exact) mass is 610 g/mol. The second kappa shape index (κ2) is 16.9. The first-order valence-electron chi connectivity index (χ1n) is 15.5. The van der Waals surface area contributed by atoms with Crippen molar-refractivity contribution in [1.29, 1.82) is 0 Å². The Hall–Kier alpha value is -2.79. The number of hydrogen-bond donors (Lipinski definition) is 5. The molecule has 1 aliphatic carbocycles. The maximum Gasteiger partial charge on any atom is 0.241 e. The fraction of sp³-hybridized carbons (Fsp3) is 0.471. The molecule has 4 rings (SSSR count). The maximum atomic E-state index is 12.9. The van der Waals surface area contributed by atoms with E-state index in [1.165, 1.54) is 11.6 Å². The van der Waals surface area contributed by atoms with E-state index in [-0.39, 0.29) is 18.4 Å². The molecule has 0 saturated heterocycles. The van der Waals surface area contributed by atoms with E-state index in [1.54, 1.807) is 24.3 Å². The van der Waals surface area contributed by atoms with Crippen LogP contribution in [-0.4, -0.2) is 56.1 Å². The van der Waals surface area contributed by atoms with Gasteiger partial charge in [-0.3, -0.25) is 0 Å². The number of aryl methyl sites for hydroxylation is 1. The lowest BCUT2D eigenvalue weighted by atomic mass is 10.0. The summed E-state index contributed by atoms with van der Waals surface area (Å²) < 4.78 is 34.4. The van der Waals surface area contributed by atoms with Gasteiger partial charge in [0.1, 0.15) is 5.75 Å². The van der Waals surface area contributed by atoms with Gasteiger partial charge in [0.15, 0.2) is 0 Å². The van der Waals surface area contributed by atoms with E-state index in [0.717, 1.165) is 88.7 Å². The summed E-state index contributed by atoms with van der Waals surface area (Å²) in [5.74, 6) is 0.0356. The van der Waals surface area contributed by atoms with Gasteiger partial charge in [-0.1, -0.05) is 61.4 Å². The van der Waals surface area contributed by atoms with Gasteiger partial charge < -0.3 is 25.4 Å². The van der Waals surface area contributed by atoms with Gasteiger partial charge in [-0.15, -0.1) is 0 Å². The summed E-state index contributed by atoms with van der Waals surface area (Å²) in [6.07, 6.45) is 8.29. The number of phenols is 1. The van der Waals surface area contributed by atoms with Crippen molar-refractivity contribution in [1.82, 2.24) is 10.0 Å². The van der Waals surface area contributed by atoms with Gasteiger partial charge in [0.25, 0.3) is 0 Å². The van der Waals surface area contributed by atoms with Crippen LogP contribution in [0, 0.1) is 0 Å². The summed E-state index contributed by atoms with van der Waals surface area (Å²) in [4.78, 5) is 0.339. The van der Waals surface area contributed by atoms with Crippen molar-refractivity contribution in [3.63, 3.8) is 0 Å². The first kappa shape index (κ1) is 33.1. The lowest BCUT2D eigenvalue weighted by molar-refractivity contribution is 0.126. The molecular formula is C34H46N2O6S. The highest BCUT2D eigenvalue weighted by atomic mass is 32.2. The van der Waals surface area contributed by atoms with E-state index in [2.05, 4.69) is 22.2 Å². The van der Waals surface area contributed by atoms with E-state index in [1.807, 2.05) is 24.3 Å². The zero-order valence-corrected chi connectivity index (χ0v) is 25.7. The van der Waals surface area contributed by atoms with Crippen LogP contribution in [0.2, 0.25) is 0 Å². The van der Waals surface area contributed by atoms with Crippen molar-refractivity contribution in [2.45, 2.75) is 81.4 Å². The molecule has 43 heavy (non-hydrogen) atoms. The maximum absolute atomic E-state index is 12.9. The zero-order valence-electron chi connectivity index (χ0n) is 24.9.